The highest BCUT2D eigenvalue weighted by Gasteiger charge is 1.90. The quantitative estimate of drug-likeness (QED) is 0.431. The van der Waals surface area contributed by atoms with Gasteiger partial charge >= 0.3 is 0 Å². The molecule has 9 heavy (non-hydrogen) atoms. The van der Waals surface area contributed by atoms with Crippen LogP contribution in [0.5, 0.6) is 0 Å². The molecule has 3 nitrogen and oxygen atoms in total. The predicted molar refractivity (Wildman–Crippen MR) is 40.2 cm³/mol. The molecule has 0 aromatic carbocycles. The molecule has 0 aliphatic rings. The molecule has 0 bridgehead atoms. The van der Waals surface area contributed by atoms with Gasteiger partial charge in [-0.1, -0.05) is 0 Å². The molecule has 0 amide bonds. The Labute approximate surface area is 56.8 Å². The number of hydrogen-bond acceptors (Lipinski definition) is 3. The Morgan fingerprint density at radius 3 is 2.56 bits per heavy atom. The van der Waals surface area contributed by atoms with Crippen molar-refractivity contribution in [3.05, 3.63) is 0 Å². The van der Waals surface area contributed by atoms with Crippen LogP contribution in [0.3, 0.4) is 0 Å². The molecule has 0 saturated carbocycles. The maximum atomic E-state index is 5.50. The average molecular weight is 131 g/mol. The van der Waals surface area contributed by atoms with Crippen LogP contribution in [-0.4, -0.2) is 25.7 Å². The minimum atomic E-state index is 0.301. The van der Waals surface area contributed by atoms with Crippen molar-refractivity contribution < 1.29 is 0 Å². The van der Waals surface area contributed by atoms with Crippen LogP contribution in [0.15, 0.2) is 0 Å². The number of rotatable bonds is 5. The van der Waals surface area contributed by atoms with Crippen molar-refractivity contribution in [1.29, 1.82) is 0 Å². The van der Waals surface area contributed by atoms with E-state index >= 15 is 0 Å². The van der Waals surface area contributed by atoms with Crippen LogP contribution in [0.1, 0.15) is 13.3 Å². The summed E-state index contributed by atoms with van der Waals surface area (Å²) in [6.45, 7) is 4.59. The van der Waals surface area contributed by atoms with Gasteiger partial charge in [-0.05, 0) is 19.9 Å². The number of nitrogens with one attached hydrogen (secondary N) is 1. The number of nitrogens with two attached hydrogens (primary N) is 2. The molecule has 0 spiro atoms. The fourth-order valence-corrected chi connectivity index (χ4v) is 0.557. The molecule has 0 fully saturated rings. The third-order valence-corrected chi connectivity index (χ3v) is 1.10. The molecule has 0 radical (unpaired) electrons. The SMILES string of the molecule is CC(N)CCNCCN. The molecule has 3 heteroatoms. The maximum Gasteiger partial charge on any atom is 0.00745 e. The highest BCUT2D eigenvalue weighted by molar-refractivity contribution is 4.55. The summed E-state index contributed by atoms with van der Waals surface area (Å²) in [6.07, 6.45) is 1.03. The third kappa shape index (κ3) is 7.88. The first-order chi connectivity index (χ1) is 4.27. The minimum Gasteiger partial charge on any atom is -0.329 e. The van der Waals surface area contributed by atoms with Crippen molar-refractivity contribution in [2.24, 2.45) is 11.5 Å². The summed E-state index contributed by atoms with van der Waals surface area (Å²) < 4.78 is 0. The van der Waals surface area contributed by atoms with E-state index in [0.717, 1.165) is 19.5 Å². The van der Waals surface area contributed by atoms with Gasteiger partial charge in [-0.25, -0.2) is 0 Å². The normalized spacial score (nSPS) is 13.7. The number of hydrogen-bond donors (Lipinski definition) is 3. The summed E-state index contributed by atoms with van der Waals surface area (Å²) in [4.78, 5) is 0. The van der Waals surface area contributed by atoms with E-state index in [0.29, 0.717) is 12.6 Å². The lowest BCUT2D eigenvalue weighted by Crippen LogP contribution is -2.27. The van der Waals surface area contributed by atoms with Crippen LogP contribution in [0.25, 0.3) is 0 Å². The molecule has 0 saturated heterocycles. The second kappa shape index (κ2) is 6.01. The second-order valence-electron chi connectivity index (χ2n) is 2.30. The fourth-order valence-electron chi connectivity index (χ4n) is 0.557. The summed E-state index contributed by atoms with van der Waals surface area (Å²) in [5.41, 5.74) is 10.8. The molecule has 0 aromatic heterocycles. The fraction of sp³-hybridized carbons (Fsp3) is 1.00. The maximum absolute atomic E-state index is 5.50. The van der Waals surface area contributed by atoms with Crippen molar-refractivity contribution in [2.45, 2.75) is 19.4 Å². The Kier molecular flexibility index (Phi) is 5.93. The Balaban J connectivity index is 2.75. The van der Waals surface area contributed by atoms with Gasteiger partial charge in [0, 0.05) is 19.1 Å². The minimum absolute atomic E-state index is 0.301. The van der Waals surface area contributed by atoms with Crippen LogP contribution in [0.2, 0.25) is 0 Å². The van der Waals surface area contributed by atoms with Crippen LogP contribution in [0, 0.1) is 0 Å². The molecule has 0 heterocycles. The Morgan fingerprint density at radius 2 is 2.11 bits per heavy atom. The molecule has 1 unspecified atom stereocenters. The van der Waals surface area contributed by atoms with Crippen LogP contribution >= 0.6 is 0 Å². The van der Waals surface area contributed by atoms with Crippen molar-refractivity contribution in [1.82, 2.24) is 5.32 Å². The van der Waals surface area contributed by atoms with Gasteiger partial charge in [0.15, 0.2) is 0 Å². The summed E-state index contributed by atoms with van der Waals surface area (Å²) in [6, 6.07) is 0.301. The zero-order chi connectivity index (χ0) is 7.11. The van der Waals surface area contributed by atoms with Crippen LogP contribution < -0.4 is 16.8 Å². The van der Waals surface area contributed by atoms with Crippen molar-refractivity contribution in [3.63, 3.8) is 0 Å². The van der Waals surface area contributed by atoms with E-state index in [1.54, 1.807) is 0 Å². The first-order valence-corrected chi connectivity index (χ1v) is 3.43. The van der Waals surface area contributed by atoms with E-state index in [-0.39, 0.29) is 0 Å². The standard InChI is InChI=1S/C6H17N3/c1-6(8)2-4-9-5-3-7/h6,9H,2-5,7-8H2,1H3. The predicted octanol–water partition coefficient (Wildman–Crippen LogP) is -0.728. The molecular formula is C6H17N3. The first kappa shape index (κ1) is 8.88. The average Bonchev–Trinajstić information content (AvgIpc) is 1.80. The molecule has 0 aromatic rings. The van der Waals surface area contributed by atoms with Gasteiger partial charge in [0.05, 0.1) is 0 Å². The van der Waals surface area contributed by atoms with E-state index in [2.05, 4.69) is 5.32 Å². The lowest BCUT2D eigenvalue weighted by molar-refractivity contribution is 0.593. The summed E-state index contributed by atoms with van der Waals surface area (Å²) in [5.74, 6) is 0. The smallest absolute Gasteiger partial charge is 0.00745 e. The van der Waals surface area contributed by atoms with Gasteiger partial charge in [-0.3, -0.25) is 0 Å². The molecule has 1 atom stereocenters. The van der Waals surface area contributed by atoms with E-state index in [1.165, 1.54) is 0 Å². The van der Waals surface area contributed by atoms with E-state index in [1.807, 2.05) is 6.92 Å². The first-order valence-electron chi connectivity index (χ1n) is 3.43. The molecule has 0 aliphatic carbocycles. The van der Waals surface area contributed by atoms with Gasteiger partial charge in [0.25, 0.3) is 0 Å². The van der Waals surface area contributed by atoms with Gasteiger partial charge in [-0.15, -0.1) is 0 Å². The third-order valence-electron chi connectivity index (χ3n) is 1.10. The zero-order valence-electron chi connectivity index (χ0n) is 6.06. The van der Waals surface area contributed by atoms with E-state index < -0.39 is 0 Å². The summed E-state index contributed by atoms with van der Waals surface area (Å²) in [7, 11) is 0. The Bertz CT molecular complexity index is 54.3. The van der Waals surface area contributed by atoms with Gasteiger partial charge in [0.1, 0.15) is 0 Å². The van der Waals surface area contributed by atoms with Crippen molar-refractivity contribution in [3.8, 4) is 0 Å². The summed E-state index contributed by atoms with van der Waals surface area (Å²) >= 11 is 0. The molecule has 5 N–H and O–H groups in total. The topological polar surface area (TPSA) is 64.1 Å². The Morgan fingerprint density at radius 1 is 1.44 bits per heavy atom. The van der Waals surface area contributed by atoms with Crippen molar-refractivity contribution in [2.75, 3.05) is 19.6 Å². The highest BCUT2D eigenvalue weighted by atomic mass is 14.9. The van der Waals surface area contributed by atoms with Crippen LogP contribution in [-0.2, 0) is 0 Å². The monoisotopic (exact) mass is 131 g/mol. The van der Waals surface area contributed by atoms with Gasteiger partial charge in [0.2, 0.25) is 0 Å². The van der Waals surface area contributed by atoms with Crippen LogP contribution in [0.4, 0.5) is 0 Å². The molecule has 56 valence electrons. The zero-order valence-corrected chi connectivity index (χ0v) is 6.06. The lowest BCUT2D eigenvalue weighted by atomic mass is 10.2. The summed E-state index contributed by atoms with van der Waals surface area (Å²) in [5, 5.41) is 3.16. The Hall–Kier alpha value is -0.120. The lowest BCUT2D eigenvalue weighted by Gasteiger charge is -2.04. The second-order valence-corrected chi connectivity index (χ2v) is 2.30. The largest absolute Gasteiger partial charge is 0.329 e. The molecular weight excluding hydrogens is 114 g/mol. The molecule has 0 rings (SSSR count). The van der Waals surface area contributed by atoms with E-state index in [4.69, 9.17) is 11.5 Å². The van der Waals surface area contributed by atoms with Crippen molar-refractivity contribution >= 4 is 0 Å². The van der Waals surface area contributed by atoms with Gasteiger partial charge < -0.3 is 16.8 Å². The van der Waals surface area contributed by atoms with Gasteiger partial charge in [-0.2, -0.15) is 0 Å². The molecule has 0 aliphatic heterocycles. The van der Waals surface area contributed by atoms with E-state index in [9.17, 15) is 0 Å². The highest BCUT2D eigenvalue weighted by Crippen LogP contribution is 1.80.